The Labute approximate surface area is 96.2 Å². The summed E-state index contributed by atoms with van der Waals surface area (Å²) >= 11 is 0. The minimum absolute atomic E-state index is 0.237. The molecule has 1 heterocycles. The van der Waals surface area contributed by atoms with Crippen molar-refractivity contribution in [1.29, 1.82) is 0 Å². The van der Waals surface area contributed by atoms with Crippen LogP contribution >= 0.6 is 0 Å². The van der Waals surface area contributed by atoms with Crippen molar-refractivity contribution < 1.29 is 9.15 Å². The van der Waals surface area contributed by atoms with E-state index in [0.29, 0.717) is 0 Å². The maximum absolute atomic E-state index is 5.84. The highest BCUT2D eigenvalue weighted by atomic mass is 16.5. The lowest BCUT2D eigenvalue weighted by atomic mass is 9.91. The Balaban J connectivity index is 2.44. The van der Waals surface area contributed by atoms with Crippen LogP contribution in [0.1, 0.15) is 26.5 Å². The highest BCUT2D eigenvalue weighted by Crippen LogP contribution is 2.31. The second-order valence-electron chi connectivity index (χ2n) is 5.33. The predicted molar refractivity (Wildman–Crippen MR) is 65.9 cm³/mol. The van der Waals surface area contributed by atoms with Gasteiger partial charge in [-0.15, -0.1) is 0 Å². The van der Waals surface area contributed by atoms with Crippen LogP contribution < -0.4 is 4.74 Å². The molecule has 0 aliphatic carbocycles. The van der Waals surface area contributed by atoms with Crippen LogP contribution in [0, 0.1) is 5.41 Å². The number of hydrogen-bond acceptors (Lipinski definition) is 2. The van der Waals surface area contributed by atoms with E-state index in [1.54, 1.807) is 7.11 Å². The molecule has 0 N–H and O–H groups in total. The van der Waals surface area contributed by atoms with Crippen molar-refractivity contribution >= 4 is 11.0 Å². The largest absolute Gasteiger partial charge is 0.493 e. The summed E-state index contributed by atoms with van der Waals surface area (Å²) in [4.78, 5) is 0. The van der Waals surface area contributed by atoms with Crippen LogP contribution in [0.2, 0.25) is 0 Å². The van der Waals surface area contributed by atoms with Crippen molar-refractivity contribution in [3.05, 3.63) is 30.0 Å². The number of methoxy groups -OCH3 is 1. The first kappa shape index (κ1) is 11.1. The molecule has 0 aliphatic heterocycles. The van der Waals surface area contributed by atoms with Gasteiger partial charge in [-0.3, -0.25) is 0 Å². The molecule has 0 saturated carbocycles. The lowest BCUT2D eigenvalue weighted by Gasteiger charge is -2.15. The fourth-order valence-electron chi connectivity index (χ4n) is 1.86. The molecule has 86 valence electrons. The zero-order valence-electron chi connectivity index (χ0n) is 10.3. The SMILES string of the molecule is COc1cccc2cc(CC(C)(C)C)oc12. The number of benzene rings is 1. The van der Waals surface area contributed by atoms with E-state index < -0.39 is 0 Å². The van der Waals surface area contributed by atoms with Crippen LogP contribution in [0.4, 0.5) is 0 Å². The minimum Gasteiger partial charge on any atom is -0.493 e. The Hall–Kier alpha value is -1.44. The Morgan fingerprint density at radius 2 is 2.00 bits per heavy atom. The van der Waals surface area contributed by atoms with E-state index in [-0.39, 0.29) is 5.41 Å². The van der Waals surface area contributed by atoms with Gasteiger partial charge < -0.3 is 9.15 Å². The highest BCUT2D eigenvalue weighted by Gasteiger charge is 2.15. The summed E-state index contributed by atoms with van der Waals surface area (Å²) < 4.78 is 11.1. The molecule has 2 rings (SSSR count). The zero-order chi connectivity index (χ0) is 11.8. The number of hydrogen-bond donors (Lipinski definition) is 0. The molecular formula is C14H18O2. The third-order valence-corrected chi connectivity index (χ3v) is 2.48. The van der Waals surface area contributed by atoms with Gasteiger partial charge in [-0.05, 0) is 17.5 Å². The number of fused-ring (bicyclic) bond motifs is 1. The molecule has 2 aromatic rings. The van der Waals surface area contributed by atoms with E-state index in [0.717, 1.165) is 28.9 Å². The lowest BCUT2D eigenvalue weighted by Crippen LogP contribution is -2.08. The van der Waals surface area contributed by atoms with Gasteiger partial charge in [0.2, 0.25) is 0 Å². The summed E-state index contributed by atoms with van der Waals surface area (Å²) in [6.07, 6.45) is 0.935. The van der Waals surface area contributed by atoms with Crippen molar-refractivity contribution in [3.63, 3.8) is 0 Å². The summed E-state index contributed by atoms with van der Waals surface area (Å²) in [6, 6.07) is 8.06. The van der Waals surface area contributed by atoms with Crippen molar-refractivity contribution in [2.75, 3.05) is 7.11 Å². The maximum atomic E-state index is 5.84. The van der Waals surface area contributed by atoms with Gasteiger partial charge in [0.15, 0.2) is 11.3 Å². The van der Waals surface area contributed by atoms with Crippen LogP contribution in [-0.2, 0) is 6.42 Å². The monoisotopic (exact) mass is 218 g/mol. The van der Waals surface area contributed by atoms with Crippen LogP contribution in [0.5, 0.6) is 5.75 Å². The molecule has 1 aromatic heterocycles. The molecule has 2 heteroatoms. The average molecular weight is 218 g/mol. The van der Waals surface area contributed by atoms with Gasteiger partial charge in [-0.25, -0.2) is 0 Å². The molecule has 0 saturated heterocycles. The van der Waals surface area contributed by atoms with E-state index >= 15 is 0 Å². The van der Waals surface area contributed by atoms with Gasteiger partial charge in [0, 0.05) is 11.8 Å². The summed E-state index contributed by atoms with van der Waals surface area (Å²) in [7, 11) is 1.67. The first-order valence-electron chi connectivity index (χ1n) is 5.55. The van der Waals surface area contributed by atoms with Crippen LogP contribution in [0.25, 0.3) is 11.0 Å². The Morgan fingerprint density at radius 1 is 1.25 bits per heavy atom. The van der Waals surface area contributed by atoms with Gasteiger partial charge in [-0.2, -0.15) is 0 Å². The topological polar surface area (TPSA) is 22.4 Å². The molecule has 0 unspecified atom stereocenters. The molecule has 1 aromatic carbocycles. The fourth-order valence-corrected chi connectivity index (χ4v) is 1.86. The fraction of sp³-hybridized carbons (Fsp3) is 0.429. The number of rotatable bonds is 2. The molecule has 0 spiro atoms. The average Bonchev–Trinajstić information content (AvgIpc) is 2.56. The standard InChI is InChI=1S/C14H18O2/c1-14(2,3)9-11-8-10-6-5-7-12(15-4)13(10)16-11/h5-8H,9H2,1-4H3. The maximum Gasteiger partial charge on any atom is 0.176 e. The molecule has 0 amide bonds. The molecule has 2 nitrogen and oxygen atoms in total. The Bertz CT molecular complexity index is 489. The molecule has 0 radical (unpaired) electrons. The second kappa shape index (κ2) is 3.85. The molecule has 0 fully saturated rings. The van der Waals surface area contributed by atoms with Crippen molar-refractivity contribution in [2.24, 2.45) is 5.41 Å². The van der Waals surface area contributed by atoms with Crippen LogP contribution in [-0.4, -0.2) is 7.11 Å². The third kappa shape index (κ3) is 2.21. The Morgan fingerprint density at radius 3 is 2.62 bits per heavy atom. The highest BCUT2D eigenvalue weighted by molar-refractivity contribution is 5.83. The number of ether oxygens (including phenoxy) is 1. The van der Waals surface area contributed by atoms with Gasteiger partial charge in [0.25, 0.3) is 0 Å². The minimum atomic E-state index is 0.237. The third-order valence-electron chi connectivity index (χ3n) is 2.48. The van der Waals surface area contributed by atoms with Crippen molar-refractivity contribution in [2.45, 2.75) is 27.2 Å². The van der Waals surface area contributed by atoms with Crippen molar-refractivity contribution in [3.8, 4) is 5.75 Å². The first-order chi connectivity index (χ1) is 7.49. The molecular weight excluding hydrogens is 200 g/mol. The molecule has 0 bridgehead atoms. The van der Waals surface area contributed by atoms with Gasteiger partial charge >= 0.3 is 0 Å². The second-order valence-corrected chi connectivity index (χ2v) is 5.33. The summed E-state index contributed by atoms with van der Waals surface area (Å²) in [5.41, 5.74) is 1.09. The zero-order valence-corrected chi connectivity index (χ0v) is 10.3. The van der Waals surface area contributed by atoms with Crippen LogP contribution in [0.15, 0.2) is 28.7 Å². The van der Waals surface area contributed by atoms with Gasteiger partial charge in [-0.1, -0.05) is 32.9 Å². The normalized spacial score (nSPS) is 12.0. The summed E-state index contributed by atoms with van der Waals surface area (Å²) in [5, 5.41) is 1.11. The van der Waals surface area contributed by atoms with Crippen LogP contribution in [0.3, 0.4) is 0 Å². The van der Waals surface area contributed by atoms with E-state index in [4.69, 9.17) is 9.15 Å². The van der Waals surface area contributed by atoms with E-state index in [1.165, 1.54) is 0 Å². The first-order valence-corrected chi connectivity index (χ1v) is 5.55. The van der Waals surface area contributed by atoms with E-state index in [1.807, 2.05) is 18.2 Å². The number of furan rings is 1. The van der Waals surface area contributed by atoms with Gasteiger partial charge in [0.1, 0.15) is 5.76 Å². The number of para-hydroxylation sites is 1. The quantitative estimate of drug-likeness (QED) is 0.759. The smallest absolute Gasteiger partial charge is 0.176 e. The molecule has 16 heavy (non-hydrogen) atoms. The summed E-state index contributed by atoms with van der Waals surface area (Å²) in [6.45, 7) is 6.62. The lowest BCUT2D eigenvalue weighted by molar-refractivity contribution is 0.364. The van der Waals surface area contributed by atoms with E-state index in [2.05, 4.69) is 26.8 Å². The predicted octanol–water partition coefficient (Wildman–Crippen LogP) is 4.03. The van der Waals surface area contributed by atoms with Gasteiger partial charge in [0.05, 0.1) is 7.11 Å². The Kier molecular flexibility index (Phi) is 2.66. The van der Waals surface area contributed by atoms with E-state index in [9.17, 15) is 0 Å². The molecule has 0 atom stereocenters. The van der Waals surface area contributed by atoms with Crippen molar-refractivity contribution in [1.82, 2.24) is 0 Å². The summed E-state index contributed by atoms with van der Waals surface area (Å²) in [5.74, 6) is 1.82. The molecule has 0 aliphatic rings.